The number of nitrogens with one attached hydrogen (secondary N) is 1. The van der Waals surface area contributed by atoms with Gasteiger partial charge in [0.15, 0.2) is 0 Å². The van der Waals surface area contributed by atoms with Gasteiger partial charge < -0.3 is 15.2 Å². The highest BCUT2D eigenvalue weighted by Gasteiger charge is 2.30. The molecule has 0 amide bonds. The van der Waals surface area contributed by atoms with Crippen LogP contribution in [-0.4, -0.2) is 31.0 Å². The average Bonchev–Trinajstić information content (AvgIpc) is 2.92. The maximum Gasteiger partial charge on any atom is 0.416 e. The molecule has 2 rings (SSSR count). The van der Waals surface area contributed by atoms with E-state index in [1.165, 1.54) is 12.1 Å². The zero-order chi connectivity index (χ0) is 14.6. The Bertz CT molecular complexity index is 413. The van der Waals surface area contributed by atoms with Gasteiger partial charge in [-0.05, 0) is 30.5 Å². The molecule has 0 saturated carbocycles. The molecule has 0 aliphatic carbocycles. The van der Waals surface area contributed by atoms with E-state index in [1.54, 1.807) is 0 Å². The Morgan fingerprint density at radius 3 is 2.50 bits per heavy atom. The van der Waals surface area contributed by atoms with Gasteiger partial charge >= 0.3 is 6.18 Å². The number of benzene rings is 1. The molecule has 1 aliphatic rings. The van der Waals surface area contributed by atoms with Crippen molar-refractivity contribution in [3.63, 3.8) is 0 Å². The quantitative estimate of drug-likeness (QED) is 0.875. The van der Waals surface area contributed by atoms with E-state index < -0.39 is 11.7 Å². The van der Waals surface area contributed by atoms with E-state index in [0.29, 0.717) is 12.1 Å². The molecule has 1 heterocycles. The van der Waals surface area contributed by atoms with Gasteiger partial charge in [0.2, 0.25) is 0 Å². The second kappa shape index (κ2) is 6.56. The molecule has 0 bridgehead atoms. The van der Waals surface area contributed by atoms with Crippen LogP contribution in [0.4, 0.5) is 13.2 Å². The number of hydrogen-bond acceptors (Lipinski definition) is 3. The van der Waals surface area contributed by atoms with Crippen LogP contribution in [0, 0.1) is 0 Å². The van der Waals surface area contributed by atoms with E-state index >= 15 is 0 Å². The van der Waals surface area contributed by atoms with E-state index in [0.717, 1.165) is 31.6 Å². The summed E-state index contributed by atoms with van der Waals surface area (Å²) in [6.07, 6.45) is -2.22. The van der Waals surface area contributed by atoms with E-state index in [2.05, 4.69) is 5.32 Å². The Kier molecular flexibility index (Phi) is 5.01. The Hall–Kier alpha value is -1.11. The molecule has 1 aromatic carbocycles. The van der Waals surface area contributed by atoms with Gasteiger partial charge in [-0.1, -0.05) is 12.1 Å². The second-order valence-electron chi connectivity index (χ2n) is 4.90. The molecule has 0 aromatic heterocycles. The van der Waals surface area contributed by atoms with Crippen molar-refractivity contribution in [2.45, 2.75) is 31.2 Å². The van der Waals surface area contributed by atoms with Crippen molar-refractivity contribution in [1.82, 2.24) is 5.32 Å². The van der Waals surface area contributed by atoms with Crippen LogP contribution in [0.2, 0.25) is 0 Å². The van der Waals surface area contributed by atoms with Crippen LogP contribution in [0.25, 0.3) is 0 Å². The highest BCUT2D eigenvalue weighted by molar-refractivity contribution is 5.26. The number of aliphatic hydroxyl groups excluding tert-OH is 1. The van der Waals surface area contributed by atoms with Crippen molar-refractivity contribution in [2.24, 2.45) is 0 Å². The van der Waals surface area contributed by atoms with Gasteiger partial charge in [0.25, 0.3) is 0 Å². The van der Waals surface area contributed by atoms with Gasteiger partial charge in [-0.2, -0.15) is 13.2 Å². The second-order valence-corrected chi connectivity index (χ2v) is 4.90. The van der Waals surface area contributed by atoms with Crippen molar-refractivity contribution in [2.75, 3.05) is 19.8 Å². The Morgan fingerprint density at radius 1 is 1.30 bits per heavy atom. The van der Waals surface area contributed by atoms with E-state index in [9.17, 15) is 18.3 Å². The molecule has 3 nitrogen and oxygen atoms in total. The first-order valence-electron chi connectivity index (χ1n) is 6.63. The topological polar surface area (TPSA) is 41.5 Å². The summed E-state index contributed by atoms with van der Waals surface area (Å²) in [6.45, 7) is 1.17. The molecular formula is C14H18F3NO2. The fourth-order valence-corrected chi connectivity index (χ4v) is 2.27. The molecule has 112 valence electrons. The van der Waals surface area contributed by atoms with Gasteiger partial charge in [0.05, 0.1) is 24.3 Å². The third kappa shape index (κ3) is 3.94. The molecular weight excluding hydrogens is 271 g/mol. The molecule has 6 heteroatoms. The zero-order valence-corrected chi connectivity index (χ0v) is 11.0. The van der Waals surface area contributed by atoms with Gasteiger partial charge in [-0.3, -0.25) is 0 Å². The average molecular weight is 289 g/mol. The lowest BCUT2D eigenvalue weighted by Crippen LogP contribution is -2.32. The highest BCUT2D eigenvalue weighted by atomic mass is 19.4. The zero-order valence-electron chi connectivity index (χ0n) is 11.0. The Balaban J connectivity index is 1.96. The minimum atomic E-state index is -4.33. The third-order valence-electron chi connectivity index (χ3n) is 3.44. The molecule has 0 radical (unpaired) electrons. The van der Waals surface area contributed by atoms with Crippen LogP contribution < -0.4 is 5.32 Å². The molecule has 20 heavy (non-hydrogen) atoms. The minimum absolute atomic E-state index is 0.124. The van der Waals surface area contributed by atoms with Crippen molar-refractivity contribution >= 4 is 0 Å². The van der Waals surface area contributed by atoms with Gasteiger partial charge in [-0.15, -0.1) is 0 Å². The molecule has 1 fully saturated rings. The first kappa shape index (κ1) is 15.3. The maximum atomic E-state index is 12.5. The molecule has 0 spiro atoms. The Labute approximate surface area is 115 Å². The number of alkyl halides is 3. The summed E-state index contributed by atoms with van der Waals surface area (Å²) in [5, 5.41) is 12.5. The summed E-state index contributed by atoms with van der Waals surface area (Å²) in [7, 11) is 0. The van der Waals surface area contributed by atoms with Crippen LogP contribution in [0.15, 0.2) is 24.3 Å². The van der Waals surface area contributed by atoms with E-state index in [-0.39, 0.29) is 18.8 Å². The largest absolute Gasteiger partial charge is 0.416 e. The fraction of sp³-hybridized carbons (Fsp3) is 0.571. The summed E-state index contributed by atoms with van der Waals surface area (Å²) in [5.74, 6) is 0. The monoisotopic (exact) mass is 289 g/mol. The van der Waals surface area contributed by atoms with Crippen LogP contribution in [0.1, 0.15) is 30.0 Å². The summed E-state index contributed by atoms with van der Waals surface area (Å²) >= 11 is 0. The summed E-state index contributed by atoms with van der Waals surface area (Å²) in [5.41, 5.74) is -0.0458. The van der Waals surface area contributed by atoms with Crippen molar-refractivity contribution in [1.29, 1.82) is 0 Å². The van der Waals surface area contributed by atoms with Gasteiger partial charge in [0.1, 0.15) is 0 Å². The standard InChI is InChI=1S/C14H18F3NO2/c15-14(16,17)11-5-3-10(4-6-11)13(9-19)18-8-12-2-1-7-20-12/h3-6,12-13,18-19H,1-2,7-9H2. The van der Waals surface area contributed by atoms with Crippen LogP contribution >= 0.6 is 0 Å². The van der Waals surface area contributed by atoms with E-state index in [4.69, 9.17) is 4.74 Å². The predicted octanol–water partition coefficient (Wildman–Crippen LogP) is 2.51. The third-order valence-corrected chi connectivity index (χ3v) is 3.44. The first-order valence-corrected chi connectivity index (χ1v) is 6.63. The molecule has 1 saturated heterocycles. The molecule has 2 atom stereocenters. The number of ether oxygens (including phenoxy) is 1. The summed E-state index contributed by atoms with van der Waals surface area (Å²) in [6, 6.07) is 4.48. The molecule has 2 unspecified atom stereocenters. The molecule has 1 aromatic rings. The van der Waals surface area contributed by atoms with Crippen molar-refractivity contribution in [3.8, 4) is 0 Å². The fourth-order valence-electron chi connectivity index (χ4n) is 2.27. The lowest BCUT2D eigenvalue weighted by Gasteiger charge is -2.19. The smallest absolute Gasteiger partial charge is 0.394 e. The number of aliphatic hydroxyl groups is 1. The van der Waals surface area contributed by atoms with Crippen molar-refractivity contribution in [3.05, 3.63) is 35.4 Å². The predicted molar refractivity (Wildman–Crippen MR) is 68.2 cm³/mol. The summed E-state index contributed by atoms with van der Waals surface area (Å²) in [4.78, 5) is 0. The minimum Gasteiger partial charge on any atom is -0.394 e. The normalized spacial score (nSPS) is 21.1. The van der Waals surface area contributed by atoms with Crippen LogP contribution in [0.3, 0.4) is 0 Å². The van der Waals surface area contributed by atoms with E-state index in [1.807, 2.05) is 0 Å². The first-order chi connectivity index (χ1) is 9.50. The number of rotatable bonds is 5. The number of halogens is 3. The number of hydrogen-bond donors (Lipinski definition) is 2. The lowest BCUT2D eigenvalue weighted by atomic mass is 10.0. The van der Waals surface area contributed by atoms with Gasteiger partial charge in [-0.25, -0.2) is 0 Å². The SMILES string of the molecule is OCC(NCC1CCCO1)c1ccc(C(F)(F)F)cc1. The van der Waals surface area contributed by atoms with Crippen LogP contribution in [-0.2, 0) is 10.9 Å². The Morgan fingerprint density at radius 2 is 2.00 bits per heavy atom. The van der Waals surface area contributed by atoms with Crippen LogP contribution in [0.5, 0.6) is 0 Å². The molecule has 2 N–H and O–H groups in total. The van der Waals surface area contributed by atoms with Gasteiger partial charge in [0, 0.05) is 13.2 Å². The summed E-state index contributed by atoms with van der Waals surface area (Å²) < 4.78 is 42.9. The molecule has 1 aliphatic heterocycles. The lowest BCUT2D eigenvalue weighted by molar-refractivity contribution is -0.137. The highest BCUT2D eigenvalue weighted by Crippen LogP contribution is 2.29. The van der Waals surface area contributed by atoms with Crippen molar-refractivity contribution < 1.29 is 23.0 Å². The maximum absolute atomic E-state index is 12.5.